The van der Waals surface area contributed by atoms with Crippen molar-refractivity contribution in [3.63, 3.8) is 0 Å². The molecule has 0 aromatic heterocycles. The molecule has 0 heterocycles. The first kappa shape index (κ1) is 38.2. The third-order valence-electron chi connectivity index (χ3n) is 8.62. The number of ether oxygens (including phenoxy) is 2. The minimum atomic E-state index is -1.99. The lowest BCUT2D eigenvalue weighted by molar-refractivity contribution is 0.0218. The van der Waals surface area contributed by atoms with Crippen LogP contribution in [0.3, 0.4) is 0 Å². The molecule has 0 spiro atoms. The van der Waals surface area contributed by atoms with E-state index in [2.05, 4.69) is 51.7 Å². The Labute approximate surface area is 260 Å². The number of aryl methyl sites for hydroxylation is 1. The fourth-order valence-corrected chi connectivity index (χ4v) is 5.85. The van der Waals surface area contributed by atoms with Crippen LogP contribution in [0.5, 0.6) is 5.75 Å². The SMILES string of the molecule is [C-]#[N+]c1cc(C)cc(C#N)c1O[C@H](COCCCCCCCCCCCCCCCCCC)CO[Si](C)(C)C(C)(C)C. The van der Waals surface area contributed by atoms with Crippen molar-refractivity contribution < 1.29 is 13.9 Å². The zero-order valence-electron chi connectivity index (χ0n) is 28.3. The van der Waals surface area contributed by atoms with Gasteiger partial charge in [0.05, 0.1) is 25.3 Å². The predicted molar refractivity (Wildman–Crippen MR) is 180 cm³/mol. The van der Waals surface area contributed by atoms with E-state index >= 15 is 0 Å². The van der Waals surface area contributed by atoms with Gasteiger partial charge in [-0.05, 0) is 43.6 Å². The molecular weight excluding hydrogens is 536 g/mol. The van der Waals surface area contributed by atoms with Crippen LogP contribution in [0, 0.1) is 24.8 Å². The summed E-state index contributed by atoms with van der Waals surface area (Å²) >= 11 is 0. The Bertz CT molecular complexity index is 907. The van der Waals surface area contributed by atoms with Crippen LogP contribution in [-0.4, -0.2) is 34.2 Å². The highest BCUT2D eigenvalue weighted by molar-refractivity contribution is 6.74. The van der Waals surface area contributed by atoms with Crippen LogP contribution in [0.4, 0.5) is 5.69 Å². The normalized spacial score (nSPS) is 12.6. The number of rotatable bonds is 24. The number of benzene rings is 1. The number of unbranched alkanes of at least 4 members (excludes halogenated alkanes) is 15. The van der Waals surface area contributed by atoms with Crippen LogP contribution in [0.15, 0.2) is 12.1 Å². The molecule has 1 aromatic rings. The first-order valence-electron chi connectivity index (χ1n) is 16.9. The first-order valence-corrected chi connectivity index (χ1v) is 19.8. The molecule has 0 bridgehead atoms. The molecule has 0 aliphatic carbocycles. The minimum Gasteiger partial charge on any atom is -0.495 e. The second-order valence-corrected chi connectivity index (χ2v) is 18.4. The smallest absolute Gasteiger partial charge is 0.229 e. The Morgan fingerprint density at radius 1 is 0.833 bits per heavy atom. The quantitative estimate of drug-likeness (QED) is 0.0674. The molecule has 5 nitrogen and oxygen atoms in total. The molecule has 6 heteroatoms. The number of hydrogen-bond acceptors (Lipinski definition) is 4. The van der Waals surface area contributed by atoms with Crippen LogP contribution in [0.25, 0.3) is 4.85 Å². The summed E-state index contributed by atoms with van der Waals surface area (Å²) < 4.78 is 18.8. The maximum absolute atomic E-state index is 9.69. The number of hydrogen-bond donors (Lipinski definition) is 0. The maximum Gasteiger partial charge on any atom is 0.229 e. The molecule has 0 radical (unpaired) electrons. The molecule has 0 aliphatic heterocycles. The third kappa shape index (κ3) is 16.1. The van der Waals surface area contributed by atoms with Gasteiger partial charge in [-0.1, -0.05) is 130 Å². The molecule has 0 aliphatic rings. The van der Waals surface area contributed by atoms with E-state index in [1.807, 2.05) is 6.92 Å². The highest BCUT2D eigenvalue weighted by Crippen LogP contribution is 2.37. The van der Waals surface area contributed by atoms with E-state index in [0.717, 1.165) is 12.0 Å². The van der Waals surface area contributed by atoms with Gasteiger partial charge in [-0.25, -0.2) is 4.85 Å². The van der Waals surface area contributed by atoms with Crippen molar-refractivity contribution in [3.8, 4) is 11.8 Å². The van der Waals surface area contributed by atoms with Crippen LogP contribution in [-0.2, 0) is 9.16 Å². The average Bonchev–Trinajstić information content (AvgIpc) is 2.94. The van der Waals surface area contributed by atoms with E-state index in [9.17, 15) is 5.26 Å². The van der Waals surface area contributed by atoms with Crippen molar-refractivity contribution in [2.75, 3.05) is 19.8 Å². The first-order chi connectivity index (χ1) is 20.1. The molecule has 0 amide bonds. The Balaban J connectivity index is 2.36. The van der Waals surface area contributed by atoms with Gasteiger partial charge >= 0.3 is 0 Å². The van der Waals surface area contributed by atoms with Gasteiger partial charge in [0, 0.05) is 6.61 Å². The van der Waals surface area contributed by atoms with Crippen LogP contribution < -0.4 is 4.74 Å². The largest absolute Gasteiger partial charge is 0.495 e. The van der Waals surface area contributed by atoms with Crippen molar-refractivity contribution in [2.45, 2.75) is 162 Å². The van der Waals surface area contributed by atoms with Crippen molar-refractivity contribution in [1.29, 1.82) is 5.26 Å². The van der Waals surface area contributed by atoms with Crippen LogP contribution in [0.2, 0.25) is 18.1 Å². The molecule has 0 fully saturated rings. The summed E-state index contributed by atoms with van der Waals surface area (Å²) in [6.07, 6.45) is 21.2. The molecule has 0 saturated heterocycles. The second kappa shape index (κ2) is 21.8. The predicted octanol–water partition coefficient (Wildman–Crippen LogP) is 11.5. The zero-order chi connectivity index (χ0) is 31.3. The van der Waals surface area contributed by atoms with Gasteiger partial charge in [0.1, 0.15) is 17.9 Å². The van der Waals surface area contributed by atoms with E-state index in [0.29, 0.717) is 36.8 Å². The Kier molecular flexibility index (Phi) is 19.8. The summed E-state index contributed by atoms with van der Waals surface area (Å²) in [4.78, 5) is 3.63. The fourth-order valence-electron chi connectivity index (χ4n) is 4.81. The average molecular weight is 599 g/mol. The van der Waals surface area contributed by atoms with E-state index in [4.69, 9.17) is 20.5 Å². The van der Waals surface area contributed by atoms with Gasteiger partial charge in [0.15, 0.2) is 8.32 Å². The van der Waals surface area contributed by atoms with Gasteiger partial charge in [-0.15, -0.1) is 0 Å². The molecule has 1 atom stereocenters. The summed E-state index contributed by atoms with van der Waals surface area (Å²) in [7, 11) is -1.99. The lowest BCUT2D eigenvalue weighted by Crippen LogP contribution is -2.44. The summed E-state index contributed by atoms with van der Waals surface area (Å²) in [6, 6.07) is 5.74. The summed E-state index contributed by atoms with van der Waals surface area (Å²) in [6.45, 7) is 24.3. The van der Waals surface area contributed by atoms with Gasteiger partial charge < -0.3 is 13.9 Å². The lowest BCUT2D eigenvalue weighted by atomic mass is 10.0. The van der Waals surface area contributed by atoms with Gasteiger partial charge in [-0.2, -0.15) is 5.26 Å². The van der Waals surface area contributed by atoms with E-state index < -0.39 is 8.32 Å². The van der Waals surface area contributed by atoms with Crippen molar-refractivity contribution >= 4 is 14.0 Å². The zero-order valence-corrected chi connectivity index (χ0v) is 29.3. The number of nitriles is 1. The molecule has 1 aromatic carbocycles. The molecule has 1 rings (SSSR count). The van der Waals surface area contributed by atoms with E-state index in [-0.39, 0.29) is 11.1 Å². The summed E-state index contributed by atoms with van der Waals surface area (Å²) in [5, 5.41) is 9.77. The second-order valence-electron chi connectivity index (χ2n) is 13.6. The van der Waals surface area contributed by atoms with Crippen LogP contribution >= 0.6 is 0 Å². The summed E-state index contributed by atoms with van der Waals surface area (Å²) in [5.74, 6) is 0.341. The highest BCUT2D eigenvalue weighted by Gasteiger charge is 2.38. The summed E-state index contributed by atoms with van der Waals surface area (Å²) in [5.41, 5.74) is 1.62. The Morgan fingerprint density at radius 2 is 1.33 bits per heavy atom. The van der Waals surface area contributed by atoms with Crippen molar-refractivity contribution in [2.24, 2.45) is 0 Å². The molecular formula is C36H62N2O3Si. The maximum atomic E-state index is 9.69. The topological polar surface area (TPSA) is 55.8 Å². The monoisotopic (exact) mass is 598 g/mol. The van der Waals surface area contributed by atoms with Gasteiger partial charge in [0.2, 0.25) is 5.69 Å². The fraction of sp³-hybridized carbons (Fsp3) is 0.778. The van der Waals surface area contributed by atoms with E-state index in [1.165, 1.54) is 96.3 Å². The molecule has 42 heavy (non-hydrogen) atoms. The van der Waals surface area contributed by atoms with E-state index in [1.54, 1.807) is 12.1 Å². The van der Waals surface area contributed by atoms with Crippen molar-refractivity contribution in [3.05, 3.63) is 34.7 Å². The number of nitrogens with zero attached hydrogens (tertiary/aromatic N) is 2. The molecule has 0 saturated carbocycles. The Hall–Kier alpha value is -1.86. The highest BCUT2D eigenvalue weighted by atomic mass is 28.4. The minimum absolute atomic E-state index is 0.0787. The standard InChI is InChI=1S/C36H62N2O3Si/c1-9-10-11-12-13-14-15-16-17-18-19-20-21-22-23-24-25-39-29-33(30-40-42(7,8)36(3,4)5)41-35-32(28-37)26-31(2)27-34(35)38-6/h26-27,33H,9-25,29-30H2,1-5,7-8H3/t33-/m1/s1. The van der Waals surface area contributed by atoms with Crippen LogP contribution in [0.1, 0.15) is 142 Å². The van der Waals surface area contributed by atoms with Gasteiger partial charge in [0.25, 0.3) is 0 Å². The molecule has 0 unspecified atom stereocenters. The Morgan fingerprint density at radius 3 is 1.79 bits per heavy atom. The third-order valence-corrected chi connectivity index (χ3v) is 13.1. The molecule has 0 N–H and O–H groups in total. The van der Waals surface area contributed by atoms with Gasteiger partial charge in [-0.3, -0.25) is 0 Å². The van der Waals surface area contributed by atoms with Crippen molar-refractivity contribution in [1.82, 2.24) is 0 Å². The molecule has 238 valence electrons. The lowest BCUT2D eigenvalue weighted by Gasteiger charge is -2.37.